The first-order chi connectivity index (χ1) is 17.9. The van der Waals surface area contributed by atoms with E-state index in [1.807, 2.05) is 17.9 Å². The summed E-state index contributed by atoms with van der Waals surface area (Å²) in [5.74, 6) is -0.0473. The van der Waals surface area contributed by atoms with Gasteiger partial charge in [-0.3, -0.25) is 23.7 Å². The molecule has 1 atom stereocenters. The zero-order valence-electron chi connectivity index (χ0n) is 21.0. The zero-order chi connectivity index (χ0) is 26.1. The Hall–Kier alpha value is -2.76. The van der Waals surface area contributed by atoms with Gasteiger partial charge in [-0.25, -0.2) is 4.98 Å². The number of hydrogen-bond donors (Lipinski definition) is 0. The highest BCUT2D eigenvalue weighted by atomic mass is 32.2. The van der Waals surface area contributed by atoms with Crippen LogP contribution in [0.4, 0.5) is 5.82 Å². The van der Waals surface area contributed by atoms with Crippen LogP contribution in [0.15, 0.2) is 28.0 Å². The number of ether oxygens (including phenoxy) is 2. The lowest BCUT2D eigenvalue weighted by molar-refractivity contribution is -0.148. The van der Waals surface area contributed by atoms with Crippen LogP contribution in [0.1, 0.15) is 43.7 Å². The monoisotopic (exact) mass is 542 g/mol. The van der Waals surface area contributed by atoms with Gasteiger partial charge in [0.1, 0.15) is 15.8 Å². The summed E-state index contributed by atoms with van der Waals surface area (Å²) >= 11 is 6.71. The quantitative estimate of drug-likeness (QED) is 0.310. The highest BCUT2D eigenvalue weighted by molar-refractivity contribution is 8.26. The molecule has 5 rings (SSSR count). The number of thiocarbonyl (C=S) groups is 1. The van der Waals surface area contributed by atoms with Gasteiger partial charge in [-0.15, -0.1) is 0 Å². The van der Waals surface area contributed by atoms with Crippen molar-refractivity contribution < 1.29 is 19.1 Å². The molecule has 0 unspecified atom stereocenters. The van der Waals surface area contributed by atoms with Gasteiger partial charge in [0.15, 0.2) is 0 Å². The second-order valence-electron chi connectivity index (χ2n) is 9.48. The number of carbonyl (C=O) groups is 2. The predicted molar refractivity (Wildman–Crippen MR) is 147 cm³/mol. The Morgan fingerprint density at radius 3 is 2.78 bits per heavy atom. The van der Waals surface area contributed by atoms with Crippen molar-refractivity contribution in [2.45, 2.75) is 45.6 Å². The fraction of sp³-hybridized carbons (Fsp3) is 0.500. The standard InChI is InChI=1S/C26H30N4O5S2/c1-3-34-25(33)17-8-11-28(12-9-17)22-19(23(31)29-10-4-6-16(2)21(29)27-22)14-20-24(32)30(26(36)37-20)15-18-7-5-13-35-18/h4,6,10,14,17-18H,3,5,7-9,11-13,15H2,1-2H3/b20-14-/t18-/m1/s1. The van der Waals surface area contributed by atoms with Gasteiger partial charge >= 0.3 is 5.97 Å². The number of aromatic nitrogens is 2. The fourth-order valence-electron chi connectivity index (χ4n) is 5.04. The van der Waals surface area contributed by atoms with Crippen LogP contribution in [0, 0.1) is 12.8 Å². The molecule has 0 spiro atoms. The van der Waals surface area contributed by atoms with Crippen molar-refractivity contribution >= 4 is 57.7 Å². The lowest BCUT2D eigenvalue weighted by Crippen LogP contribution is -2.39. The van der Waals surface area contributed by atoms with E-state index in [1.165, 1.54) is 16.2 Å². The predicted octanol–water partition coefficient (Wildman–Crippen LogP) is 3.16. The molecule has 1 amide bonds. The number of hydrogen-bond acceptors (Lipinski definition) is 9. The Morgan fingerprint density at radius 2 is 2.08 bits per heavy atom. The highest BCUT2D eigenvalue weighted by Crippen LogP contribution is 2.35. The Balaban J connectivity index is 1.50. The number of carbonyl (C=O) groups excluding carboxylic acids is 2. The van der Waals surface area contributed by atoms with Gasteiger partial charge in [0.25, 0.3) is 11.5 Å². The molecule has 3 saturated heterocycles. The van der Waals surface area contributed by atoms with Crippen molar-refractivity contribution in [3.05, 3.63) is 44.7 Å². The summed E-state index contributed by atoms with van der Waals surface area (Å²) in [5.41, 5.74) is 1.53. The van der Waals surface area contributed by atoms with Crippen LogP contribution in [0.2, 0.25) is 0 Å². The number of pyridine rings is 1. The van der Waals surface area contributed by atoms with Crippen molar-refractivity contribution in [2.24, 2.45) is 5.92 Å². The maximum atomic E-state index is 13.7. The Bertz CT molecular complexity index is 1330. The van der Waals surface area contributed by atoms with Gasteiger partial charge in [0.05, 0.1) is 35.6 Å². The van der Waals surface area contributed by atoms with E-state index in [9.17, 15) is 14.4 Å². The van der Waals surface area contributed by atoms with E-state index in [0.717, 1.165) is 18.4 Å². The summed E-state index contributed by atoms with van der Waals surface area (Å²) in [7, 11) is 0. The minimum atomic E-state index is -0.249. The van der Waals surface area contributed by atoms with Crippen molar-refractivity contribution in [2.75, 3.05) is 37.7 Å². The Labute approximate surface area is 224 Å². The SMILES string of the molecule is CCOC(=O)C1CCN(c2nc3c(C)cccn3c(=O)c2/C=C2\SC(=S)N(C[C@H]3CCCO3)C2=O)CC1. The lowest BCUT2D eigenvalue weighted by Gasteiger charge is -2.32. The van der Waals surface area contributed by atoms with E-state index in [-0.39, 0.29) is 29.5 Å². The third-order valence-corrected chi connectivity index (χ3v) is 8.42. The molecule has 0 N–H and O–H groups in total. The molecule has 0 aliphatic carbocycles. The molecule has 3 aliphatic heterocycles. The maximum Gasteiger partial charge on any atom is 0.309 e. The highest BCUT2D eigenvalue weighted by Gasteiger charge is 2.36. The first-order valence-electron chi connectivity index (χ1n) is 12.7. The van der Waals surface area contributed by atoms with E-state index in [1.54, 1.807) is 30.2 Å². The number of rotatable bonds is 6. The van der Waals surface area contributed by atoms with Crippen LogP contribution < -0.4 is 10.5 Å². The Morgan fingerprint density at radius 1 is 1.30 bits per heavy atom. The fourth-order valence-corrected chi connectivity index (χ4v) is 6.29. The summed E-state index contributed by atoms with van der Waals surface area (Å²) in [6.45, 7) is 6.30. The van der Waals surface area contributed by atoms with Crippen LogP contribution in [0.3, 0.4) is 0 Å². The van der Waals surface area contributed by atoms with Gasteiger partial charge in [0, 0.05) is 25.9 Å². The number of thioether (sulfide) groups is 1. The lowest BCUT2D eigenvalue weighted by atomic mass is 9.96. The first kappa shape index (κ1) is 25.9. The van der Waals surface area contributed by atoms with Crippen LogP contribution in [0.5, 0.6) is 0 Å². The normalized spacial score (nSPS) is 22.0. The smallest absolute Gasteiger partial charge is 0.309 e. The summed E-state index contributed by atoms with van der Waals surface area (Å²) in [4.78, 5) is 48.2. The minimum absolute atomic E-state index is 0.0194. The molecular formula is C26H30N4O5S2. The summed E-state index contributed by atoms with van der Waals surface area (Å²) in [6.07, 6.45) is 6.39. The Kier molecular flexibility index (Phi) is 7.64. The summed E-state index contributed by atoms with van der Waals surface area (Å²) < 4.78 is 12.9. The number of aryl methyl sites for hydroxylation is 1. The molecule has 0 saturated carbocycles. The average molecular weight is 543 g/mol. The third kappa shape index (κ3) is 5.17. The number of piperidine rings is 1. The molecule has 3 aliphatic rings. The van der Waals surface area contributed by atoms with Crippen molar-refractivity contribution in [3.8, 4) is 0 Å². The molecule has 9 nitrogen and oxygen atoms in total. The third-order valence-electron chi connectivity index (χ3n) is 7.04. The van der Waals surface area contributed by atoms with E-state index < -0.39 is 0 Å². The van der Waals surface area contributed by atoms with Gasteiger partial charge in [-0.1, -0.05) is 30.0 Å². The maximum absolute atomic E-state index is 13.7. The van der Waals surface area contributed by atoms with Crippen LogP contribution in [-0.2, 0) is 19.1 Å². The van der Waals surface area contributed by atoms with Gasteiger partial charge in [-0.05, 0) is 57.2 Å². The molecular weight excluding hydrogens is 512 g/mol. The van der Waals surface area contributed by atoms with Crippen LogP contribution >= 0.6 is 24.0 Å². The number of fused-ring (bicyclic) bond motifs is 1. The number of nitrogens with zero attached hydrogens (tertiary/aromatic N) is 4. The van der Waals surface area contributed by atoms with Gasteiger partial charge in [0.2, 0.25) is 0 Å². The van der Waals surface area contributed by atoms with E-state index in [4.69, 9.17) is 26.7 Å². The van der Waals surface area contributed by atoms with E-state index in [2.05, 4.69) is 0 Å². The molecule has 196 valence electrons. The number of esters is 1. The molecule has 2 aromatic rings. The van der Waals surface area contributed by atoms with E-state index in [0.29, 0.717) is 71.9 Å². The number of amides is 1. The summed E-state index contributed by atoms with van der Waals surface area (Å²) in [5, 5.41) is 0. The molecule has 3 fully saturated rings. The molecule has 0 aromatic carbocycles. The molecule has 5 heterocycles. The van der Waals surface area contributed by atoms with Crippen LogP contribution in [0.25, 0.3) is 11.7 Å². The van der Waals surface area contributed by atoms with Crippen LogP contribution in [-0.4, -0.2) is 69.4 Å². The molecule has 2 aromatic heterocycles. The van der Waals surface area contributed by atoms with Gasteiger partial charge in [-0.2, -0.15) is 0 Å². The van der Waals surface area contributed by atoms with Crippen molar-refractivity contribution in [1.82, 2.24) is 14.3 Å². The number of anilines is 1. The summed E-state index contributed by atoms with van der Waals surface area (Å²) in [6, 6.07) is 3.72. The largest absolute Gasteiger partial charge is 0.466 e. The average Bonchev–Trinajstić information content (AvgIpc) is 3.50. The minimum Gasteiger partial charge on any atom is -0.466 e. The van der Waals surface area contributed by atoms with Crippen molar-refractivity contribution in [3.63, 3.8) is 0 Å². The van der Waals surface area contributed by atoms with E-state index >= 15 is 0 Å². The second-order valence-corrected chi connectivity index (χ2v) is 11.2. The first-order valence-corrected chi connectivity index (χ1v) is 13.9. The zero-order valence-corrected chi connectivity index (χ0v) is 22.6. The second kappa shape index (κ2) is 10.9. The molecule has 0 bridgehead atoms. The van der Waals surface area contributed by atoms with Gasteiger partial charge < -0.3 is 14.4 Å². The molecule has 0 radical (unpaired) electrons. The topological polar surface area (TPSA) is 93.5 Å². The molecule has 37 heavy (non-hydrogen) atoms. The molecule has 11 heteroatoms. The van der Waals surface area contributed by atoms with Crippen molar-refractivity contribution in [1.29, 1.82) is 0 Å².